The fraction of sp³-hybridized carbons (Fsp3) is 0.558. The molecule has 3 aliphatic heterocycles. The van der Waals surface area contributed by atoms with E-state index in [1.807, 2.05) is 46.1 Å². The molecule has 5 heterocycles. The first-order valence-corrected chi connectivity index (χ1v) is 25.0. The number of rotatable bonds is 13. The number of nitrogens with zero attached hydrogens (tertiary/aromatic N) is 7. The molecule has 2 fully saturated rings. The summed E-state index contributed by atoms with van der Waals surface area (Å²) in [6, 6.07) is 3.54. The van der Waals surface area contributed by atoms with Crippen LogP contribution in [0.15, 0.2) is 59.6 Å². The zero-order valence-corrected chi connectivity index (χ0v) is 43.3. The number of allylic oxidation sites excluding steroid dienone is 2. The van der Waals surface area contributed by atoms with Crippen LogP contribution in [0.3, 0.4) is 0 Å². The number of aromatic nitrogens is 2. The van der Waals surface area contributed by atoms with Gasteiger partial charge in [-0.1, -0.05) is 53.0 Å². The van der Waals surface area contributed by atoms with Crippen LogP contribution in [0, 0.1) is 11.3 Å². The largest absolute Gasteiger partial charge is 0.378 e. The number of thiazole rings is 1. The summed E-state index contributed by atoms with van der Waals surface area (Å²) in [6.45, 7) is 25.4. The third-order valence-electron chi connectivity index (χ3n) is 13.9. The van der Waals surface area contributed by atoms with E-state index in [2.05, 4.69) is 67.4 Å². The Balaban J connectivity index is 1.42. The molecule has 0 aliphatic carbocycles. The molecule has 0 saturated carbocycles. The van der Waals surface area contributed by atoms with Gasteiger partial charge in [-0.2, -0.15) is 0 Å². The van der Waals surface area contributed by atoms with E-state index in [9.17, 15) is 24.0 Å². The number of likely N-dealkylation sites (tertiary alicyclic amines) is 1. The first kappa shape index (κ1) is 52.9. The summed E-state index contributed by atoms with van der Waals surface area (Å²) in [5.41, 5.74) is 7.96. The Morgan fingerprint density at radius 2 is 1.90 bits per heavy atom. The lowest BCUT2D eigenvalue weighted by atomic mass is 9.84. The molecule has 374 valence electrons. The summed E-state index contributed by atoms with van der Waals surface area (Å²) in [5, 5.41) is 8.11. The Kier molecular flexibility index (Phi) is 16.9. The topological polar surface area (TPSA) is 171 Å². The van der Waals surface area contributed by atoms with E-state index in [-0.39, 0.29) is 49.1 Å². The number of ether oxygens (including phenoxy) is 2. The lowest BCUT2D eigenvalue weighted by Crippen LogP contribution is -2.66. The second-order valence-electron chi connectivity index (χ2n) is 19.9. The summed E-state index contributed by atoms with van der Waals surface area (Å²) < 4.78 is 14.7. The quantitative estimate of drug-likeness (QED) is 0.0821. The van der Waals surface area contributed by atoms with Crippen molar-refractivity contribution in [3.63, 3.8) is 0 Å². The number of hydrogen-bond acceptors (Lipinski definition) is 11. The van der Waals surface area contributed by atoms with Crippen molar-refractivity contribution in [2.75, 3.05) is 47.5 Å². The van der Waals surface area contributed by atoms with Crippen LogP contribution >= 0.6 is 11.3 Å². The molecule has 6 rings (SSSR count). The van der Waals surface area contributed by atoms with Crippen molar-refractivity contribution < 1.29 is 33.4 Å². The van der Waals surface area contributed by atoms with Gasteiger partial charge in [-0.25, -0.2) is 15.2 Å². The maximum absolute atomic E-state index is 14.8. The molecule has 0 spiro atoms. The minimum absolute atomic E-state index is 0.0124. The van der Waals surface area contributed by atoms with Gasteiger partial charge in [0.1, 0.15) is 23.9 Å². The predicted octanol–water partition coefficient (Wildman–Crippen LogP) is 6.68. The second-order valence-corrected chi connectivity index (χ2v) is 20.8. The average molecular weight is 968 g/mol. The molecule has 3 aromatic rings. The van der Waals surface area contributed by atoms with Crippen molar-refractivity contribution in [3.8, 4) is 11.3 Å². The van der Waals surface area contributed by atoms with Gasteiger partial charge in [-0.05, 0) is 88.5 Å². The number of fused-ring (bicyclic) bond motifs is 6. The van der Waals surface area contributed by atoms with Gasteiger partial charge in [0, 0.05) is 86.9 Å². The van der Waals surface area contributed by atoms with E-state index < -0.39 is 34.9 Å². The number of carbonyl (C=O) groups excluding carboxylic acids is 5. The van der Waals surface area contributed by atoms with Gasteiger partial charge in [0.15, 0.2) is 0 Å². The van der Waals surface area contributed by atoms with Crippen LogP contribution in [0.5, 0.6) is 0 Å². The zero-order valence-electron chi connectivity index (χ0n) is 42.5. The third-order valence-corrected chi connectivity index (χ3v) is 14.8. The number of aliphatic imine (C=N–C) groups is 1. The molecular formula is C52H73N9O7S. The standard InChI is InChI=1S/C52H73N9O7S/c1-14-37(45(53-16-3)34(8)67-13)47-39-26-51(9,10)30-68-31-52(29-62)21-18-22-61(56-52)49(65)40(25-43-54-41(28-69-43)35-19-20-42(38(39)24-35)59(47)17-4)55-48(64)46(32(5)6)58(12)50(66)60-27-36(23-33(60)7)57(11)44(63)15-2/h14-16,19-20,24,28-29,32-34,36,40,46,56H,1-2,17-18,21-23,25-27,30-31H2,3-13H3,(H,55,64)/b45-37+,53-16?/t33-,34+,36-,40+,46+,52+/m1/s1. The molecule has 2 saturated heterocycles. The first-order chi connectivity index (χ1) is 32.8. The highest BCUT2D eigenvalue weighted by atomic mass is 32.1. The average Bonchev–Trinajstić information content (AvgIpc) is 4.04. The van der Waals surface area contributed by atoms with E-state index in [1.54, 1.807) is 37.2 Å². The highest BCUT2D eigenvalue weighted by molar-refractivity contribution is 7.10. The van der Waals surface area contributed by atoms with Gasteiger partial charge < -0.3 is 38.9 Å². The first-order valence-electron chi connectivity index (χ1n) is 24.1. The minimum atomic E-state index is -1.21. The smallest absolute Gasteiger partial charge is 0.320 e. The molecule has 2 aromatic heterocycles. The van der Waals surface area contributed by atoms with Gasteiger partial charge in [0.25, 0.3) is 5.91 Å². The summed E-state index contributed by atoms with van der Waals surface area (Å²) in [4.78, 5) is 83.9. The Hall–Kier alpha value is -5.49. The number of nitrogens with one attached hydrogen (secondary N) is 2. The number of amides is 5. The van der Waals surface area contributed by atoms with Crippen LogP contribution in [-0.4, -0.2) is 149 Å². The minimum Gasteiger partial charge on any atom is -0.378 e. The van der Waals surface area contributed by atoms with Crippen LogP contribution in [0.2, 0.25) is 0 Å². The number of methoxy groups -OCH3 is 1. The maximum Gasteiger partial charge on any atom is 0.320 e. The van der Waals surface area contributed by atoms with Crippen molar-refractivity contribution in [1.29, 1.82) is 0 Å². The van der Waals surface area contributed by atoms with E-state index in [0.29, 0.717) is 56.9 Å². The summed E-state index contributed by atoms with van der Waals surface area (Å²) in [6.07, 6.45) is 7.59. The molecule has 1 aromatic carbocycles. The summed E-state index contributed by atoms with van der Waals surface area (Å²) in [7, 11) is 4.97. The number of hydrazine groups is 1. The molecule has 17 heteroatoms. The van der Waals surface area contributed by atoms with Crippen molar-refractivity contribution in [2.45, 2.75) is 130 Å². The second kappa shape index (κ2) is 22.1. The molecule has 69 heavy (non-hydrogen) atoms. The normalized spacial score (nSPS) is 23.3. The van der Waals surface area contributed by atoms with Crippen LogP contribution in [-0.2, 0) is 48.0 Å². The van der Waals surface area contributed by atoms with Crippen LogP contribution in [0.1, 0.15) is 90.9 Å². The Bertz CT molecular complexity index is 2490. The SMILES string of the molecule is C=CC(=O)N(C)[C@@H]1C[C@@H](C)N(C(=O)N(C)[C@H](C(=O)N[C@H]2Cc3nc(cs3)-c3ccc4c(c3)c(c(/C(C=C)=C(/N=CC)[C@H](C)OC)n4CC)CC(C)(C)COC[C@@]3(C=O)CCCN(N3)C2=O)C(C)C)C1. The van der Waals surface area contributed by atoms with E-state index in [1.165, 1.54) is 27.3 Å². The van der Waals surface area contributed by atoms with Gasteiger partial charge in [0.05, 0.1) is 47.5 Å². The molecule has 6 atom stereocenters. The molecule has 6 bridgehead atoms. The van der Waals surface area contributed by atoms with Crippen LogP contribution in [0.25, 0.3) is 27.7 Å². The van der Waals surface area contributed by atoms with E-state index >= 15 is 0 Å². The van der Waals surface area contributed by atoms with E-state index in [4.69, 9.17) is 19.5 Å². The van der Waals surface area contributed by atoms with Crippen molar-refractivity contribution in [3.05, 3.63) is 70.9 Å². The number of likely N-dealkylation sites (N-methyl/N-ethyl adjacent to an activating group) is 2. The lowest BCUT2D eigenvalue weighted by Gasteiger charge is -2.42. The van der Waals surface area contributed by atoms with Gasteiger partial charge >= 0.3 is 6.03 Å². The van der Waals surface area contributed by atoms with Crippen molar-refractivity contribution in [1.82, 2.24) is 40.0 Å². The highest BCUT2D eigenvalue weighted by Gasteiger charge is 2.43. The number of carbonyl (C=O) groups is 5. The van der Waals surface area contributed by atoms with E-state index in [0.717, 1.165) is 51.0 Å². The van der Waals surface area contributed by atoms with Crippen LogP contribution < -0.4 is 10.7 Å². The molecule has 0 radical (unpaired) electrons. The van der Waals surface area contributed by atoms with Crippen LogP contribution in [0.4, 0.5) is 4.79 Å². The predicted molar refractivity (Wildman–Crippen MR) is 273 cm³/mol. The molecule has 16 nitrogen and oxygen atoms in total. The molecule has 5 amide bonds. The van der Waals surface area contributed by atoms with Gasteiger partial charge in [-0.3, -0.25) is 24.4 Å². The Labute approximate surface area is 411 Å². The number of urea groups is 1. The number of hydrogen-bond donors (Lipinski definition) is 2. The van der Waals surface area contributed by atoms with Gasteiger partial charge in [-0.15, -0.1) is 11.3 Å². The number of aldehydes is 1. The zero-order chi connectivity index (χ0) is 50.5. The summed E-state index contributed by atoms with van der Waals surface area (Å²) >= 11 is 1.40. The van der Waals surface area contributed by atoms with Crippen molar-refractivity contribution >= 4 is 64.1 Å². The summed E-state index contributed by atoms with van der Waals surface area (Å²) in [5.74, 6) is -1.51. The maximum atomic E-state index is 14.8. The molecular weight excluding hydrogens is 895 g/mol. The Morgan fingerprint density at radius 1 is 1.16 bits per heavy atom. The lowest BCUT2D eigenvalue weighted by molar-refractivity contribution is -0.147. The molecule has 2 N–H and O–H groups in total. The molecule has 0 unspecified atom stereocenters. The highest BCUT2D eigenvalue weighted by Crippen LogP contribution is 2.40. The Morgan fingerprint density at radius 3 is 2.54 bits per heavy atom. The number of benzene rings is 1. The monoisotopic (exact) mass is 968 g/mol. The third kappa shape index (κ3) is 11.1. The fourth-order valence-corrected chi connectivity index (χ4v) is 11.1. The van der Waals surface area contributed by atoms with Gasteiger partial charge in [0.2, 0.25) is 11.8 Å². The van der Waals surface area contributed by atoms with Crippen molar-refractivity contribution in [2.24, 2.45) is 16.3 Å². The molecule has 3 aliphatic rings. The fourth-order valence-electron chi connectivity index (χ4n) is 10.2. The number of aryl methyl sites for hydroxylation is 1.